The van der Waals surface area contributed by atoms with E-state index in [0.717, 1.165) is 42.0 Å². The Labute approximate surface area is 168 Å². The van der Waals surface area contributed by atoms with E-state index in [0.29, 0.717) is 12.8 Å². The van der Waals surface area contributed by atoms with Crippen LogP contribution in [0.15, 0.2) is 6.33 Å². The number of nitrogens with zero attached hydrogens (tertiary/aromatic N) is 3. The van der Waals surface area contributed by atoms with Crippen LogP contribution in [0.5, 0.6) is 0 Å². The maximum atomic E-state index is 12.5. The van der Waals surface area contributed by atoms with Gasteiger partial charge in [-0.1, -0.05) is 0 Å². The summed E-state index contributed by atoms with van der Waals surface area (Å²) >= 11 is 1.69. The van der Waals surface area contributed by atoms with E-state index in [1.807, 2.05) is 0 Å². The zero-order valence-corrected chi connectivity index (χ0v) is 17.3. The Hall–Kier alpha value is -2.22. The van der Waals surface area contributed by atoms with E-state index in [9.17, 15) is 9.59 Å². The van der Waals surface area contributed by atoms with Crippen molar-refractivity contribution in [3.63, 3.8) is 0 Å². The molecule has 1 amide bonds. The normalized spacial score (nSPS) is 18.9. The van der Waals surface area contributed by atoms with E-state index < -0.39 is 6.10 Å². The van der Waals surface area contributed by atoms with Gasteiger partial charge in [0, 0.05) is 24.0 Å². The third kappa shape index (κ3) is 3.83. The molecule has 1 saturated heterocycles. The number of piperidine rings is 1. The first-order valence-electron chi connectivity index (χ1n) is 9.90. The van der Waals surface area contributed by atoms with Gasteiger partial charge in [-0.2, -0.15) is 0 Å². The number of rotatable bonds is 5. The summed E-state index contributed by atoms with van der Waals surface area (Å²) in [4.78, 5) is 37.9. The van der Waals surface area contributed by atoms with Crippen LogP contribution in [-0.2, 0) is 14.3 Å². The Balaban J connectivity index is 1.37. The number of hydrogen-bond donors (Lipinski definition) is 1. The van der Waals surface area contributed by atoms with Gasteiger partial charge in [0.2, 0.25) is 0 Å². The molecule has 4 rings (SSSR count). The molecule has 8 heteroatoms. The van der Waals surface area contributed by atoms with Crippen LogP contribution >= 0.6 is 11.3 Å². The van der Waals surface area contributed by atoms with Crippen LogP contribution < -0.4 is 10.2 Å². The van der Waals surface area contributed by atoms with Gasteiger partial charge in [-0.15, -0.1) is 11.3 Å². The predicted octanol–water partition coefficient (Wildman–Crippen LogP) is 2.73. The number of amides is 1. The monoisotopic (exact) mass is 402 g/mol. The topological polar surface area (TPSA) is 84.4 Å². The van der Waals surface area contributed by atoms with Crippen LogP contribution in [0.25, 0.3) is 10.2 Å². The average molecular weight is 403 g/mol. The van der Waals surface area contributed by atoms with Gasteiger partial charge in [0.25, 0.3) is 5.91 Å². The van der Waals surface area contributed by atoms with Crippen molar-refractivity contribution in [1.29, 1.82) is 0 Å². The molecule has 1 aliphatic heterocycles. The van der Waals surface area contributed by atoms with Gasteiger partial charge in [0.15, 0.2) is 6.10 Å². The first-order valence-corrected chi connectivity index (χ1v) is 10.7. The van der Waals surface area contributed by atoms with Crippen LogP contribution in [-0.4, -0.2) is 47.1 Å². The van der Waals surface area contributed by atoms with Crippen molar-refractivity contribution in [1.82, 2.24) is 15.3 Å². The lowest BCUT2D eigenvalue weighted by atomic mass is 9.96. The van der Waals surface area contributed by atoms with Crippen molar-refractivity contribution in [3.8, 4) is 0 Å². The van der Waals surface area contributed by atoms with E-state index in [1.54, 1.807) is 24.6 Å². The quantitative estimate of drug-likeness (QED) is 0.774. The molecule has 2 aromatic rings. The number of anilines is 1. The van der Waals surface area contributed by atoms with Gasteiger partial charge < -0.3 is 15.0 Å². The van der Waals surface area contributed by atoms with Gasteiger partial charge >= 0.3 is 5.97 Å². The predicted molar refractivity (Wildman–Crippen MR) is 109 cm³/mol. The van der Waals surface area contributed by atoms with E-state index in [4.69, 9.17) is 4.74 Å². The molecule has 2 aromatic heterocycles. The fourth-order valence-electron chi connectivity index (χ4n) is 3.60. The highest BCUT2D eigenvalue weighted by Crippen LogP contribution is 2.35. The lowest BCUT2D eigenvalue weighted by molar-refractivity contribution is -0.159. The van der Waals surface area contributed by atoms with Crippen molar-refractivity contribution in [3.05, 3.63) is 16.8 Å². The minimum absolute atomic E-state index is 0.171. The molecule has 28 heavy (non-hydrogen) atoms. The molecule has 1 N–H and O–H groups in total. The first-order chi connectivity index (χ1) is 13.4. The summed E-state index contributed by atoms with van der Waals surface area (Å²) in [6.45, 7) is 7.34. The molecule has 3 heterocycles. The molecule has 1 saturated carbocycles. The number of fused-ring (bicyclic) bond motifs is 1. The highest BCUT2D eigenvalue weighted by atomic mass is 32.1. The summed E-state index contributed by atoms with van der Waals surface area (Å²) in [5, 5.41) is 4.00. The molecule has 2 fully saturated rings. The fourth-order valence-corrected chi connectivity index (χ4v) is 4.59. The highest BCUT2D eigenvalue weighted by Gasteiger charge is 2.32. The smallest absolute Gasteiger partial charge is 0.309 e. The summed E-state index contributed by atoms with van der Waals surface area (Å²) < 4.78 is 5.42. The molecule has 0 bridgehead atoms. The van der Waals surface area contributed by atoms with Gasteiger partial charge in [-0.3, -0.25) is 9.59 Å². The largest absolute Gasteiger partial charge is 0.452 e. The second-order valence-electron chi connectivity index (χ2n) is 7.78. The third-order valence-corrected chi connectivity index (χ3v) is 6.77. The molecule has 0 spiro atoms. The van der Waals surface area contributed by atoms with Gasteiger partial charge in [-0.25, -0.2) is 9.97 Å². The Kier molecular flexibility index (Phi) is 5.23. The van der Waals surface area contributed by atoms with E-state index in [1.165, 1.54) is 10.4 Å². The van der Waals surface area contributed by atoms with Crippen molar-refractivity contribution >= 4 is 39.2 Å². The number of nitrogens with one attached hydrogen (secondary N) is 1. The minimum atomic E-state index is -0.732. The van der Waals surface area contributed by atoms with Crippen LogP contribution in [0.4, 0.5) is 5.82 Å². The SMILES string of the molecule is Cc1sc2ncnc(N3CCC(C(=O)OC(C)C(=O)NC4CC4)CC3)c2c1C. The number of thiophene rings is 1. The molecule has 2 aliphatic rings. The molecule has 1 unspecified atom stereocenters. The zero-order chi connectivity index (χ0) is 19.8. The van der Waals surface area contributed by atoms with Crippen LogP contribution in [0.1, 0.15) is 43.0 Å². The summed E-state index contributed by atoms with van der Waals surface area (Å²) in [5.41, 5.74) is 1.23. The number of esters is 1. The van der Waals surface area contributed by atoms with Crippen molar-refractivity contribution in [2.45, 2.75) is 58.6 Å². The lowest BCUT2D eigenvalue weighted by Gasteiger charge is -2.32. The van der Waals surface area contributed by atoms with Crippen LogP contribution in [0.3, 0.4) is 0 Å². The second-order valence-corrected chi connectivity index (χ2v) is 8.99. The fraction of sp³-hybridized carbons (Fsp3) is 0.600. The maximum absolute atomic E-state index is 12.5. The molecule has 1 atom stereocenters. The Morgan fingerprint density at radius 3 is 2.61 bits per heavy atom. The first kappa shape index (κ1) is 19.1. The van der Waals surface area contributed by atoms with Crippen LogP contribution in [0, 0.1) is 19.8 Å². The van der Waals surface area contributed by atoms with Crippen molar-refractivity contribution in [2.75, 3.05) is 18.0 Å². The molecular formula is C20H26N4O3S. The second kappa shape index (κ2) is 7.66. The van der Waals surface area contributed by atoms with E-state index in [2.05, 4.69) is 34.0 Å². The Morgan fingerprint density at radius 1 is 1.21 bits per heavy atom. The minimum Gasteiger partial charge on any atom is -0.452 e. The number of aryl methyl sites for hydroxylation is 2. The van der Waals surface area contributed by atoms with E-state index in [-0.39, 0.29) is 23.8 Å². The Morgan fingerprint density at radius 2 is 1.93 bits per heavy atom. The summed E-state index contributed by atoms with van der Waals surface area (Å²) in [6, 6.07) is 0.269. The number of carbonyl (C=O) groups is 2. The number of aromatic nitrogens is 2. The molecular weight excluding hydrogens is 376 g/mol. The van der Waals surface area contributed by atoms with Gasteiger partial charge in [-0.05, 0) is 52.0 Å². The third-order valence-electron chi connectivity index (χ3n) is 5.66. The molecule has 0 radical (unpaired) electrons. The highest BCUT2D eigenvalue weighted by molar-refractivity contribution is 7.18. The molecule has 0 aromatic carbocycles. The zero-order valence-electron chi connectivity index (χ0n) is 16.5. The summed E-state index contributed by atoms with van der Waals surface area (Å²) in [7, 11) is 0. The van der Waals surface area contributed by atoms with Gasteiger partial charge in [0.1, 0.15) is 17.0 Å². The van der Waals surface area contributed by atoms with Crippen LogP contribution in [0.2, 0.25) is 0 Å². The number of hydrogen-bond acceptors (Lipinski definition) is 7. The van der Waals surface area contributed by atoms with Crippen molar-refractivity contribution in [2.24, 2.45) is 5.92 Å². The van der Waals surface area contributed by atoms with E-state index >= 15 is 0 Å². The lowest BCUT2D eigenvalue weighted by Crippen LogP contribution is -2.41. The molecule has 7 nitrogen and oxygen atoms in total. The summed E-state index contributed by atoms with van der Waals surface area (Å²) in [6.07, 6.45) is 4.32. The summed E-state index contributed by atoms with van der Waals surface area (Å²) in [5.74, 6) is 0.319. The maximum Gasteiger partial charge on any atom is 0.309 e. The molecule has 150 valence electrons. The van der Waals surface area contributed by atoms with Crippen molar-refractivity contribution < 1.29 is 14.3 Å². The standard InChI is InChI=1S/C20H26N4O3S/c1-11-13(3)28-19-16(11)17(21-10-22-19)24-8-6-14(7-9-24)20(26)27-12(2)18(25)23-15-4-5-15/h10,12,14-15H,4-9H2,1-3H3,(H,23,25). The number of ether oxygens (including phenoxy) is 1. The van der Waals surface area contributed by atoms with Gasteiger partial charge in [0.05, 0.1) is 11.3 Å². The Bertz CT molecular complexity index is 900. The molecule has 1 aliphatic carbocycles. The average Bonchev–Trinajstić information content (AvgIpc) is 3.46. The number of carbonyl (C=O) groups excluding carboxylic acids is 2.